The SMILES string of the molecule is CCOc1cc(CNCC(C)(C)OCC)ccc1OC. The summed E-state index contributed by atoms with van der Waals surface area (Å²) in [6, 6.07) is 6.00. The van der Waals surface area contributed by atoms with Gasteiger partial charge in [-0.05, 0) is 45.4 Å². The third kappa shape index (κ3) is 5.39. The highest BCUT2D eigenvalue weighted by molar-refractivity contribution is 5.42. The molecule has 4 heteroatoms. The molecule has 1 N–H and O–H groups in total. The van der Waals surface area contributed by atoms with Crippen molar-refractivity contribution < 1.29 is 14.2 Å². The smallest absolute Gasteiger partial charge is 0.161 e. The van der Waals surface area contributed by atoms with Crippen molar-refractivity contribution in [2.45, 2.75) is 39.8 Å². The Balaban J connectivity index is 2.58. The minimum atomic E-state index is -0.149. The zero-order chi connectivity index (χ0) is 15.0. The first kappa shape index (κ1) is 16.8. The molecule has 0 aliphatic carbocycles. The summed E-state index contributed by atoms with van der Waals surface area (Å²) in [7, 11) is 1.65. The third-order valence-corrected chi connectivity index (χ3v) is 2.94. The number of hydrogen-bond acceptors (Lipinski definition) is 4. The summed E-state index contributed by atoms with van der Waals surface area (Å²) in [6.07, 6.45) is 0. The number of nitrogens with one attached hydrogen (secondary N) is 1. The number of rotatable bonds is 9. The van der Waals surface area contributed by atoms with E-state index in [0.717, 1.165) is 31.2 Å². The standard InChI is InChI=1S/C16H27NO3/c1-6-19-15-10-13(8-9-14(15)18-5)11-17-12-16(3,4)20-7-2/h8-10,17H,6-7,11-12H2,1-5H3. The molecule has 1 rings (SSSR count). The second kappa shape index (κ2) is 8.12. The van der Waals surface area contributed by atoms with Crippen LogP contribution in [-0.4, -0.2) is 32.5 Å². The van der Waals surface area contributed by atoms with E-state index in [1.54, 1.807) is 7.11 Å². The number of benzene rings is 1. The van der Waals surface area contributed by atoms with Crippen LogP contribution in [0.4, 0.5) is 0 Å². The molecule has 0 spiro atoms. The summed E-state index contributed by atoms with van der Waals surface area (Å²) in [4.78, 5) is 0. The molecule has 0 aliphatic heterocycles. The molecule has 1 aromatic rings. The van der Waals surface area contributed by atoms with Crippen molar-refractivity contribution in [3.8, 4) is 11.5 Å². The zero-order valence-corrected chi connectivity index (χ0v) is 13.3. The van der Waals surface area contributed by atoms with Gasteiger partial charge in [-0.2, -0.15) is 0 Å². The topological polar surface area (TPSA) is 39.7 Å². The molecule has 114 valence electrons. The lowest BCUT2D eigenvalue weighted by molar-refractivity contribution is -0.00897. The molecular weight excluding hydrogens is 254 g/mol. The van der Waals surface area contributed by atoms with Crippen LogP contribution in [0.15, 0.2) is 18.2 Å². The maximum atomic E-state index is 5.66. The first-order valence-electron chi connectivity index (χ1n) is 7.16. The number of methoxy groups -OCH3 is 1. The van der Waals surface area contributed by atoms with Gasteiger partial charge in [0.2, 0.25) is 0 Å². The molecule has 20 heavy (non-hydrogen) atoms. The van der Waals surface area contributed by atoms with Gasteiger partial charge in [-0.1, -0.05) is 6.07 Å². The van der Waals surface area contributed by atoms with E-state index in [0.29, 0.717) is 6.61 Å². The highest BCUT2D eigenvalue weighted by Crippen LogP contribution is 2.28. The van der Waals surface area contributed by atoms with E-state index in [1.807, 2.05) is 32.0 Å². The van der Waals surface area contributed by atoms with E-state index in [-0.39, 0.29) is 5.60 Å². The van der Waals surface area contributed by atoms with E-state index in [4.69, 9.17) is 14.2 Å². The predicted octanol–water partition coefficient (Wildman–Crippen LogP) is 3.00. The Morgan fingerprint density at radius 1 is 1.10 bits per heavy atom. The van der Waals surface area contributed by atoms with E-state index >= 15 is 0 Å². The third-order valence-electron chi connectivity index (χ3n) is 2.94. The van der Waals surface area contributed by atoms with Crippen molar-refractivity contribution in [3.63, 3.8) is 0 Å². The van der Waals surface area contributed by atoms with E-state index in [1.165, 1.54) is 5.56 Å². The van der Waals surface area contributed by atoms with Crippen LogP contribution in [0.25, 0.3) is 0 Å². The van der Waals surface area contributed by atoms with Crippen LogP contribution < -0.4 is 14.8 Å². The highest BCUT2D eigenvalue weighted by Gasteiger charge is 2.16. The van der Waals surface area contributed by atoms with Gasteiger partial charge < -0.3 is 19.5 Å². The van der Waals surface area contributed by atoms with Crippen molar-refractivity contribution >= 4 is 0 Å². The summed E-state index contributed by atoms with van der Waals surface area (Å²) in [5.41, 5.74) is 1.02. The van der Waals surface area contributed by atoms with Gasteiger partial charge in [-0.15, -0.1) is 0 Å². The fraction of sp³-hybridized carbons (Fsp3) is 0.625. The summed E-state index contributed by atoms with van der Waals surface area (Å²) < 4.78 is 16.5. The van der Waals surface area contributed by atoms with Crippen molar-refractivity contribution in [3.05, 3.63) is 23.8 Å². The molecule has 4 nitrogen and oxygen atoms in total. The molecule has 0 heterocycles. The minimum absolute atomic E-state index is 0.149. The molecule has 0 aromatic heterocycles. The molecule has 0 atom stereocenters. The molecule has 0 unspecified atom stereocenters. The van der Waals surface area contributed by atoms with Gasteiger partial charge in [0, 0.05) is 19.7 Å². The first-order valence-corrected chi connectivity index (χ1v) is 7.16. The van der Waals surface area contributed by atoms with Crippen LogP contribution in [0.2, 0.25) is 0 Å². The van der Waals surface area contributed by atoms with Crippen LogP contribution in [0.3, 0.4) is 0 Å². The van der Waals surface area contributed by atoms with Gasteiger partial charge >= 0.3 is 0 Å². The Labute approximate surface area is 122 Å². The molecule has 0 aliphatic rings. The van der Waals surface area contributed by atoms with Gasteiger partial charge in [-0.25, -0.2) is 0 Å². The van der Waals surface area contributed by atoms with E-state index < -0.39 is 0 Å². The summed E-state index contributed by atoms with van der Waals surface area (Å²) in [6.45, 7) is 11.1. The van der Waals surface area contributed by atoms with Crippen molar-refractivity contribution in [1.82, 2.24) is 5.32 Å². The first-order chi connectivity index (χ1) is 9.52. The Bertz CT molecular complexity index is 405. The lowest BCUT2D eigenvalue weighted by Gasteiger charge is -2.25. The fourth-order valence-electron chi connectivity index (χ4n) is 2.05. The predicted molar refractivity (Wildman–Crippen MR) is 81.6 cm³/mol. The minimum Gasteiger partial charge on any atom is -0.493 e. The Morgan fingerprint density at radius 2 is 1.85 bits per heavy atom. The quantitative estimate of drug-likeness (QED) is 0.755. The van der Waals surface area contributed by atoms with Crippen molar-refractivity contribution in [2.75, 3.05) is 26.9 Å². The summed E-state index contributed by atoms with van der Waals surface area (Å²) in [5.74, 6) is 1.56. The molecule has 0 saturated heterocycles. The highest BCUT2D eigenvalue weighted by atomic mass is 16.5. The summed E-state index contributed by atoms with van der Waals surface area (Å²) in [5, 5.41) is 3.41. The molecule has 0 saturated carbocycles. The van der Waals surface area contributed by atoms with Crippen molar-refractivity contribution in [2.24, 2.45) is 0 Å². The maximum Gasteiger partial charge on any atom is 0.161 e. The van der Waals surface area contributed by atoms with Crippen LogP contribution >= 0.6 is 0 Å². The van der Waals surface area contributed by atoms with E-state index in [9.17, 15) is 0 Å². The van der Waals surface area contributed by atoms with Crippen molar-refractivity contribution in [1.29, 1.82) is 0 Å². The van der Waals surface area contributed by atoms with Gasteiger partial charge in [0.15, 0.2) is 11.5 Å². The van der Waals surface area contributed by atoms with E-state index in [2.05, 4.69) is 19.2 Å². The Morgan fingerprint density at radius 3 is 2.45 bits per heavy atom. The number of ether oxygens (including phenoxy) is 3. The van der Waals surface area contributed by atoms with Gasteiger partial charge in [-0.3, -0.25) is 0 Å². The molecule has 1 aromatic carbocycles. The molecule has 0 radical (unpaired) electrons. The molecular formula is C16H27NO3. The largest absolute Gasteiger partial charge is 0.493 e. The normalized spacial score (nSPS) is 11.4. The fourth-order valence-corrected chi connectivity index (χ4v) is 2.05. The van der Waals surface area contributed by atoms with Crippen LogP contribution in [0.1, 0.15) is 33.3 Å². The summed E-state index contributed by atoms with van der Waals surface area (Å²) >= 11 is 0. The average Bonchev–Trinajstić information content (AvgIpc) is 2.39. The Hall–Kier alpha value is -1.26. The molecule has 0 fully saturated rings. The molecule has 0 amide bonds. The average molecular weight is 281 g/mol. The van der Waals surface area contributed by atoms with Gasteiger partial charge in [0.1, 0.15) is 0 Å². The lowest BCUT2D eigenvalue weighted by atomic mass is 10.1. The van der Waals surface area contributed by atoms with Crippen LogP contribution in [0.5, 0.6) is 11.5 Å². The van der Waals surface area contributed by atoms with Gasteiger partial charge in [0.05, 0.1) is 19.3 Å². The second-order valence-corrected chi connectivity index (χ2v) is 5.21. The number of hydrogen-bond donors (Lipinski definition) is 1. The second-order valence-electron chi connectivity index (χ2n) is 5.21. The molecule has 0 bridgehead atoms. The van der Waals surface area contributed by atoms with Gasteiger partial charge in [0.25, 0.3) is 0 Å². The van der Waals surface area contributed by atoms with Crippen LogP contribution in [-0.2, 0) is 11.3 Å². The Kier molecular flexibility index (Phi) is 6.82. The monoisotopic (exact) mass is 281 g/mol. The maximum absolute atomic E-state index is 5.66. The van der Waals surface area contributed by atoms with Crippen LogP contribution in [0, 0.1) is 0 Å². The zero-order valence-electron chi connectivity index (χ0n) is 13.3. The lowest BCUT2D eigenvalue weighted by Crippen LogP contribution is -2.37.